The van der Waals surface area contributed by atoms with E-state index in [-0.39, 0.29) is 10.3 Å². The lowest BCUT2D eigenvalue weighted by Crippen LogP contribution is -2.47. The first-order chi connectivity index (χ1) is 10.8. The van der Waals surface area contributed by atoms with E-state index in [4.69, 9.17) is 4.52 Å². The molecule has 1 fully saturated rings. The zero-order chi connectivity index (χ0) is 16.8. The minimum absolute atomic E-state index is 0.197. The molecular weight excluding hydrogens is 316 g/mol. The van der Waals surface area contributed by atoms with Crippen molar-refractivity contribution in [1.82, 2.24) is 19.7 Å². The van der Waals surface area contributed by atoms with Gasteiger partial charge in [0, 0.05) is 24.2 Å². The first-order valence-corrected chi connectivity index (χ1v) is 9.13. The lowest BCUT2D eigenvalue weighted by atomic mass is 9.78. The number of rotatable bonds is 3. The van der Waals surface area contributed by atoms with E-state index in [1.807, 2.05) is 6.92 Å². The Morgan fingerprint density at radius 3 is 2.65 bits per heavy atom. The van der Waals surface area contributed by atoms with Crippen molar-refractivity contribution < 1.29 is 12.9 Å². The fraction of sp³-hybridized carbons (Fsp3) is 0.600. The summed E-state index contributed by atoms with van der Waals surface area (Å²) in [5.74, 6) is 0.340. The summed E-state index contributed by atoms with van der Waals surface area (Å²) >= 11 is 0. The Balaban J connectivity index is 1.97. The molecule has 2 aromatic heterocycles. The van der Waals surface area contributed by atoms with Gasteiger partial charge in [0.25, 0.3) is 0 Å². The van der Waals surface area contributed by atoms with E-state index >= 15 is 0 Å². The molecule has 1 aliphatic heterocycles. The second-order valence-electron chi connectivity index (χ2n) is 6.58. The predicted molar refractivity (Wildman–Crippen MR) is 84.6 cm³/mol. The third-order valence-corrected chi connectivity index (χ3v) is 6.75. The number of aromatic amines is 1. The molecule has 1 unspecified atom stereocenters. The van der Waals surface area contributed by atoms with Gasteiger partial charge in [0.2, 0.25) is 10.0 Å². The summed E-state index contributed by atoms with van der Waals surface area (Å²) in [6, 6.07) is 0. The fourth-order valence-corrected chi connectivity index (χ4v) is 5.43. The van der Waals surface area contributed by atoms with Gasteiger partial charge >= 0.3 is 0 Å². The standard InChI is InChI=1S/C15H22N4O3S/c1-10-8-16-17-14(10)15(4)6-5-7-19(9-15)23(20,21)13-11(2)18-22-12(13)3/h8H,5-7,9H2,1-4H3,(H,16,17). The molecule has 1 aliphatic rings. The van der Waals surface area contributed by atoms with E-state index in [0.29, 0.717) is 24.5 Å². The number of hydrogen-bond donors (Lipinski definition) is 1. The van der Waals surface area contributed by atoms with Crippen LogP contribution in [0.25, 0.3) is 0 Å². The maximum atomic E-state index is 13.0. The normalized spacial score (nSPS) is 23.3. The Kier molecular flexibility index (Phi) is 3.84. The number of piperidine rings is 1. The van der Waals surface area contributed by atoms with E-state index in [1.54, 1.807) is 24.3 Å². The SMILES string of the molecule is Cc1cn[nH]c1C1(C)CCCN(S(=O)(=O)c2c(C)noc2C)C1. The molecule has 0 saturated carbocycles. The maximum absolute atomic E-state index is 13.0. The monoisotopic (exact) mass is 338 g/mol. The fourth-order valence-electron chi connectivity index (χ4n) is 3.53. The average molecular weight is 338 g/mol. The molecule has 0 radical (unpaired) electrons. The number of aromatic nitrogens is 3. The zero-order valence-electron chi connectivity index (χ0n) is 13.9. The minimum Gasteiger partial charge on any atom is -0.360 e. The average Bonchev–Trinajstić information content (AvgIpc) is 3.05. The van der Waals surface area contributed by atoms with Crippen LogP contribution in [0.4, 0.5) is 0 Å². The summed E-state index contributed by atoms with van der Waals surface area (Å²) in [7, 11) is -3.61. The number of H-pyrrole nitrogens is 1. The highest BCUT2D eigenvalue weighted by molar-refractivity contribution is 7.89. The molecule has 0 aromatic carbocycles. The van der Waals surface area contributed by atoms with Crippen LogP contribution in [0.1, 0.15) is 42.5 Å². The lowest BCUT2D eigenvalue weighted by Gasteiger charge is -2.39. The number of aryl methyl sites for hydroxylation is 3. The number of hydrogen-bond acceptors (Lipinski definition) is 5. The molecule has 0 amide bonds. The van der Waals surface area contributed by atoms with Gasteiger partial charge in [-0.1, -0.05) is 12.1 Å². The highest BCUT2D eigenvalue weighted by Crippen LogP contribution is 2.37. The van der Waals surface area contributed by atoms with Crippen LogP contribution in [0, 0.1) is 20.8 Å². The first-order valence-electron chi connectivity index (χ1n) is 7.69. The molecule has 0 spiro atoms. The number of nitrogens with one attached hydrogen (secondary N) is 1. The zero-order valence-corrected chi connectivity index (χ0v) is 14.7. The van der Waals surface area contributed by atoms with E-state index in [0.717, 1.165) is 24.1 Å². The Morgan fingerprint density at radius 1 is 1.35 bits per heavy atom. The van der Waals surface area contributed by atoms with Crippen molar-refractivity contribution >= 4 is 10.0 Å². The van der Waals surface area contributed by atoms with Crippen molar-refractivity contribution in [2.24, 2.45) is 0 Å². The van der Waals surface area contributed by atoms with Gasteiger partial charge in [0.1, 0.15) is 10.6 Å². The van der Waals surface area contributed by atoms with Crippen molar-refractivity contribution in [1.29, 1.82) is 0 Å². The highest BCUT2D eigenvalue weighted by Gasteiger charge is 2.41. The van der Waals surface area contributed by atoms with Gasteiger partial charge < -0.3 is 4.52 Å². The molecule has 126 valence electrons. The Labute approximate surface area is 136 Å². The Bertz CT molecular complexity index is 804. The van der Waals surface area contributed by atoms with Crippen molar-refractivity contribution in [2.45, 2.75) is 50.8 Å². The Hall–Kier alpha value is -1.67. The lowest BCUT2D eigenvalue weighted by molar-refractivity contribution is 0.235. The van der Waals surface area contributed by atoms with Crippen LogP contribution in [0.15, 0.2) is 15.6 Å². The van der Waals surface area contributed by atoms with Gasteiger partial charge in [0.15, 0.2) is 5.76 Å². The number of sulfonamides is 1. The molecule has 3 heterocycles. The second-order valence-corrected chi connectivity index (χ2v) is 8.46. The van der Waals surface area contributed by atoms with E-state index in [1.165, 1.54) is 0 Å². The molecule has 1 N–H and O–H groups in total. The molecule has 7 nitrogen and oxygen atoms in total. The van der Waals surface area contributed by atoms with Crippen LogP contribution in [0.5, 0.6) is 0 Å². The Morgan fingerprint density at radius 2 is 2.09 bits per heavy atom. The topological polar surface area (TPSA) is 92.1 Å². The van der Waals surface area contributed by atoms with Crippen LogP contribution >= 0.6 is 0 Å². The molecule has 2 aromatic rings. The van der Waals surface area contributed by atoms with Crippen LogP contribution in [0.3, 0.4) is 0 Å². The molecule has 3 rings (SSSR count). The van der Waals surface area contributed by atoms with Gasteiger partial charge in [0.05, 0.1) is 6.20 Å². The molecule has 1 saturated heterocycles. The van der Waals surface area contributed by atoms with Gasteiger partial charge in [-0.05, 0) is 39.2 Å². The van der Waals surface area contributed by atoms with Crippen LogP contribution in [-0.2, 0) is 15.4 Å². The van der Waals surface area contributed by atoms with Crippen molar-refractivity contribution in [2.75, 3.05) is 13.1 Å². The smallest absolute Gasteiger partial charge is 0.248 e. The third-order valence-electron chi connectivity index (χ3n) is 4.66. The first kappa shape index (κ1) is 16.2. The molecule has 0 aliphatic carbocycles. The number of nitrogens with zero attached hydrogens (tertiary/aromatic N) is 3. The van der Waals surface area contributed by atoms with Gasteiger partial charge in [-0.2, -0.15) is 9.40 Å². The van der Waals surface area contributed by atoms with Gasteiger partial charge in [-0.3, -0.25) is 5.10 Å². The summed E-state index contributed by atoms with van der Waals surface area (Å²) in [5, 5.41) is 10.9. The molecular formula is C15H22N4O3S. The van der Waals surface area contributed by atoms with Gasteiger partial charge in [-0.25, -0.2) is 8.42 Å². The van der Waals surface area contributed by atoms with Crippen LogP contribution in [0.2, 0.25) is 0 Å². The minimum atomic E-state index is -3.61. The summed E-state index contributed by atoms with van der Waals surface area (Å²) in [6.07, 6.45) is 3.50. The highest BCUT2D eigenvalue weighted by atomic mass is 32.2. The van der Waals surface area contributed by atoms with E-state index in [2.05, 4.69) is 22.3 Å². The molecule has 8 heteroatoms. The van der Waals surface area contributed by atoms with Crippen LogP contribution in [-0.4, -0.2) is 41.2 Å². The largest absolute Gasteiger partial charge is 0.360 e. The van der Waals surface area contributed by atoms with Crippen molar-refractivity contribution in [3.05, 3.63) is 28.9 Å². The quantitative estimate of drug-likeness (QED) is 0.925. The predicted octanol–water partition coefficient (Wildman–Crippen LogP) is 2.07. The van der Waals surface area contributed by atoms with E-state index < -0.39 is 10.0 Å². The molecule has 0 bridgehead atoms. The van der Waals surface area contributed by atoms with Crippen molar-refractivity contribution in [3.63, 3.8) is 0 Å². The van der Waals surface area contributed by atoms with Gasteiger partial charge in [-0.15, -0.1) is 0 Å². The summed E-state index contributed by atoms with van der Waals surface area (Å²) < 4.78 is 32.7. The van der Waals surface area contributed by atoms with Crippen molar-refractivity contribution in [3.8, 4) is 0 Å². The molecule has 1 atom stereocenters. The summed E-state index contributed by atoms with van der Waals surface area (Å²) in [6.45, 7) is 8.30. The maximum Gasteiger partial charge on any atom is 0.248 e. The summed E-state index contributed by atoms with van der Waals surface area (Å²) in [5.41, 5.74) is 2.21. The molecule has 23 heavy (non-hydrogen) atoms. The third kappa shape index (κ3) is 2.59. The summed E-state index contributed by atoms with van der Waals surface area (Å²) in [4.78, 5) is 0.197. The second kappa shape index (κ2) is 5.45. The van der Waals surface area contributed by atoms with E-state index in [9.17, 15) is 8.42 Å². The van der Waals surface area contributed by atoms with Crippen LogP contribution < -0.4 is 0 Å².